The molecule has 66 valence electrons. The van der Waals surface area contributed by atoms with Crippen molar-refractivity contribution in [2.45, 2.75) is 13.8 Å². The molecule has 0 atom stereocenters. The lowest BCUT2D eigenvalue weighted by Gasteiger charge is -2.03. The maximum absolute atomic E-state index is 5.06. The molecule has 0 aliphatic heterocycles. The van der Waals surface area contributed by atoms with Gasteiger partial charge < -0.3 is 9.42 Å². The van der Waals surface area contributed by atoms with Crippen molar-refractivity contribution in [1.29, 1.82) is 0 Å². The molecular weight excluding hydrogens is 152 g/mol. The van der Waals surface area contributed by atoms with E-state index in [9.17, 15) is 0 Å². The monoisotopic (exact) mass is 166 g/mol. The molecule has 0 radical (unpaired) electrons. The molecule has 12 heavy (non-hydrogen) atoms. The quantitative estimate of drug-likeness (QED) is 0.674. The van der Waals surface area contributed by atoms with Crippen molar-refractivity contribution in [1.82, 2.24) is 5.16 Å². The van der Waals surface area contributed by atoms with Crippen molar-refractivity contribution in [3.63, 3.8) is 0 Å². The molecule has 0 N–H and O–H groups in total. The maximum atomic E-state index is 5.06. The fourth-order valence-corrected chi connectivity index (χ4v) is 0.853. The number of hydrogen-bond acceptors (Lipinski definition) is 3. The second kappa shape index (κ2) is 3.43. The van der Waals surface area contributed by atoms with Crippen LogP contribution in [-0.2, 0) is 0 Å². The molecule has 1 aromatic rings. The zero-order valence-corrected chi connectivity index (χ0v) is 7.96. The summed E-state index contributed by atoms with van der Waals surface area (Å²) in [6.07, 6.45) is 1.98. The Bertz CT molecular complexity index is 282. The Morgan fingerprint density at radius 2 is 2.17 bits per heavy atom. The molecule has 0 unspecified atom stereocenters. The van der Waals surface area contributed by atoms with Crippen LogP contribution in [0.25, 0.3) is 6.08 Å². The van der Waals surface area contributed by atoms with E-state index in [0.717, 1.165) is 11.6 Å². The number of rotatable bonds is 2. The lowest BCUT2D eigenvalue weighted by molar-refractivity contribution is 0.422. The van der Waals surface area contributed by atoms with Crippen molar-refractivity contribution >= 4 is 12.0 Å². The normalized spacial score (nSPS) is 9.67. The predicted molar refractivity (Wildman–Crippen MR) is 50.2 cm³/mol. The van der Waals surface area contributed by atoms with Gasteiger partial charge in [-0.2, -0.15) is 0 Å². The Balaban J connectivity index is 2.85. The highest BCUT2D eigenvalue weighted by Gasteiger charge is 2.02. The fourth-order valence-electron chi connectivity index (χ4n) is 0.853. The Kier molecular flexibility index (Phi) is 2.53. The van der Waals surface area contributed by atoms with Gasteiger partial charge in [-0.05, 0) is 19.9 Å². The average molecular weight is 166 g/mol. The van der Waals surface area contributed by atoms with Crippen LogP contribution in [0.4, 0.5) is 5.88 Å². The summed E-state index contributed by atoms with van der Waals surface area (Å²) < 4.78 is 5.06. The van der Waals surface area contributed by atoms with Crippen LogP contribution in [0, 0.1) is 0 Å². The van der Waals surface area contributed by atoms with Gasteiger partial charge in [-0.3, -0.25) is 0 Å². The van der Waals surface area contributed by atoms with E-state index in [0.29, 0.717) is 0 Å². The van der Waals surface area contributed by atoms with Gasteiger partial charge in [0.2, 0.25) is 5.88 Å². The number of allylic oxidation sites excluding steroid dienone is 1. The second-order valence-corrected chi connectivity index (χ2v) is 3.21. The zero-order chi connectivity index (χ0) is 9.14. The van der Waals surface area contributed by atoms with Gasteiger partial charge >= 0.3 is 0 Å². The lowest BCUT2D eigenvalue weighted by atomic mass is 10.3. The summed E-state index contributed by atoms with van der Waals surface area (Å²) >= 11 is 0. The van der Waals surface area contributed by atoms with Crippen molar-refractivity contribution in [3.05, 3.63) is 17.3 Å². The molecule has 3 nitrogen and oxygen atoms in total. The average Bonchev–Trinajstić information content (AvgIpc) is 2.34. The van der Waals surface area contributed by atoms with Gasteiger partial charge in [0, 0.05) is 20.2 Å². The third kappa shape index (κ3) is 2.12. The van der Waals surface area contributed by atoms with Crippen LogP contribution in [0.5, 0.6) is 0 Å². The van der Waals surface area contributed by atoms with E-state index >= 15 is 0 Å². The number of aromatic nitrogens is 1. The van der Waals surface area contributed by atoms with E-state index in [4.69, 9.17) is 4.52 Å². The molecule has 0 aromatic carbocycles. The van der Waals surface area contributed by atoms with Crippen LogP contribution in [0.1, 0.15) is 19.5 Å². The molecule has 1 heterocycles. The van der Waals surface area contributed by atoms with Crippen LogP contribution < -0.4 is 4.90 Å². The zero-order valence-electron chi connectivity index (χ0n) is 7.96. The molecule has 0 amide bonds. The molecule has 0 saturated carbocycles. The third-order valence-electron chi connectivity index (χ3n) is 1.39. The van der Waals surface area contributed by atoms with E-state index in [1.807, 2.05) is 45.0 Å². The molecular formula is C9H14N2O. The first-order valence-electron chi connectivity index (χ1n) is 3.88. The van der Waals surface area contributed by atoms with Crippen LogP contribution in [0.2, 0.25) is 0 Å². The standard InChI is InChI=1S/C9H14N2O/c1-7(2)5-8-6-9(11(3)4)12-10-8/h5-6H,1-4H3. The minimum absolute atomic E-state index is 0.780. The van der Waals surface area contributed by atoms with Crippen LogP contribution >= 0.6 is 0 Å². The lowest BCUT2D eigenvalue weighted by Crippen LogP contribution is -2.06. The van der Waals surface area contributed by atoms with Crippen molar-refractivity contribution in [2.24, 2.45) is 0 Å². The van der Waals surface area contributed by atoms with Crippen LogP contribution in [-0.4, -0.2) is 19.3 Å². The van der Waals surface area contributed by atoms with Gasteiger partial charge in [0.15, 0.2) is 0 Å². The Morgan fingerprint density at radius 1 is 1.50 bits per heavy atom. The molecule has 3 heteroatoms. The molecule has 0 bridgehead atoms. The summed E-state index contributed by atoms with van der Waals surface area (Å²) in [5.41, 5.74) is 2.09. The van der Waals surface area contributed by atoms with Gasteiger partial charge in [0.05, 0.1) is 0 Å². The molecule has 1 rings (SSSR count). The molecule has 0 aliphatic rings. The Morgan fingerprint density at radius 3 is 2.58 bits per heavy atom. The highest BCUT2D eigenvalue weighted by molar-refractivity contribution is 5.51. The number of nitrogens with zero attached hydrogens (tertiary/aromatic N) is 2. The summed E-state index contributed by atoms with van der Waals surface area (Å²) in [4.78, 5) is 1.88. The van der Waals surface area contributed by atoms with E-state index < -0.39 is 0 Å². The van der Waals surface area contributed by atoms with Gasteiger partial charge in [0.25, 0.3) is 0 Å². The van der Waals surface area contributed by atoms with E-state index in [1.54, 1.807) is 0 Å². The molecule has 0 spiro atoms. The molecule has 0 aliphatic carbocycles. The highest BCUT2D eigenvalue weighted by Crippen LogP contribution is 2.14. The summed E-state index contributed by atoms with van der Waals surface area (Å²) in [6, 6.07) is 1.91. The smallest absolute Gasteiger partial charge is 0.227 e. The largest absolute Gasteiger partial charge is 0.347 e. The first-order valence-corrected chi connectivity index (χ1v) is 3.88. The summed E-state index contributed by atoms with van der Waals surface area (Å²) in [5.74, 6) is 0.780. The highest BCUT2D eigenvalue weighted by atomic mass is 16.5. The van der Waals surface area contributed by atoms with Crippen molar-refractivity contribution in [2.75, 3.05) is 19.0 Å². The van der Waals surface area contributed by atoms with Crippen LogP contribution in [0.15, 0.2) is 16.2 Å². The van der Waals surface area contributed by atoms with E-state index in [-0.39, 0.29) is 0 Å². The molecule has 0 saturated heterocycles. The SMILES string of the molecule is CC(C)=Cc1cc(N(C)C)on1. The van der Waals surface area contributed by atoms with E-state index in [2.05, 4.69) is 5.16 Å². The number of anilines is 1. The predicted octanol–water partition coefficient (Wildman–Crippen LogP) is 2.16. The van der Waals surface area contributed by atoms with Crippen LogP contribution in [0.3, 0.4) is 0 Å². The Hall–Kier alpha value is -1.25. The third-order valence-corrected chi connectivity index (χ3v) is 1.39. The first kappa shape index (κ1) is 8.84. The summed E-state index contributed by atoms with van der Waals surface area (Å²) in [7, 11) is 3.85. The first-order chi connectivity index (χ1) is 5.59. The molecule has 0 fully saturated rings. The minimum Gasteiger partial charge on any atom is -0.347 e. The maximum Gasteiger partial charge on any atom is 0.227 e. The van der Waals surface area contributed by atoms with Gasteiger partial charge in [-0.25, -0.2) is 0 Å². The van der Waals surface area contributed by atoms with Crippen molar-refractivity contribution in [3.8, 4) is 0 Å². The fraction of sp³-hybridized carbons (Fsp3) is 0.444. The van der Waals surface area contributed by atoms with Crippen molar-refractivity contribution < 1.29 is 4.52 Å². The minimum atomic E-state index is 0.780. The summed E-state index contributed by atoms with van der Waals surface area (Å²) in [6.45, 7) is 4.06. The van der Waals surface area contributed by atoms with Gasteiger partial charge in [-0.1, -0.05) is 10.7 Å². The van der Waals surface area contributed by atoms with Gasteiger partial charge in [0.1, 0.15) is 5.69 Å². The van der Waals surface area contributed by atoms with Gasteiger partial charge in [-0.15, -0.1) is 0 Å². The summed E-state index contributed by atoms with van der Waals surface area (Å²) in [5, 5.41) is 3.88. The van der Waals surface area contributed by atoms with E-state index in [1.165, 1.54) is 5.57 Å². The number of hydrogen-bond donors (Lipinski definition) is 0. The second-order valence-electron chi connectivity index (χ2n) is 3.21. The topological polar surface area (TPSA) is 29.3 Å². The Labute approximate surface area is 72.7 Å². The molecule has 1 aromatic heterocycles.